The molecule has 2 aliphatic heterocycles. The number of fused-ring (bicyclic) bond motifs is 2. The molecule has 29 heavy (non-hydrogen) atoms. The van der Waals surface area contributed by atoms with E-state index in [4.69, 9.17) is 9.47 Å². The van der Waals surface area contributed by atoms with Gasteiger partial charge in [-0.3, -0.25) is 14.7 Å². The predicted octanol–water partition coefficient (Wildman–Crippen LogP) is 2.55. The van der Waals surface area contributed by atoms with E-state index < -0.39 is 5.60 Å². The van der Waals surface area contributed by atoms with Gasteiger partial charge >= 0.3 is 0 Å². The van der Waals surface area contributed by atoms with E-state index >= 15 is 0 Å². The fourth-order valence-electron chi connectivity index (χ4n) is 4.73. The number of carbonyl (C=O) groups excluding carboxylic acids is 1. The molecule has 7 heteroatoms. The number of aliphatic hydroxyl groups is 1. The van der Waals surface area contributed by atoms with Gasteiger partial charge in [0.15, 0.2) is 11.5 Å². The van der Waals surface area contributed by atoms with Gasteiger partial charge in [-0.15, -0.1) is 0 Å². The van der Waals surface area contributed by atoms with Crippen LogP contribution in [0.4, 0.5) is 5.69 Å². The molecule has 0 saturated carbocycles. The monoisotopic (exact) mass is 397 g/mol. The second-order valence-electron chi connectivity index (χ2n) is 7.86. The summed E-state index contributed by atoms with van der Waals surface area (Å²) in [6, 6.07) is 9.50. The van der Waals surface area contributed by atoms with Gasteiger partial charge in [-0.1, -0.05) is 6.07 Å². The maximum Gasteiger partial charge on any atom is 0.238 e. The Hall–Kier alpha value is -2.64. The van der Waals surface area contributed by atoms with Crippen LogP contribution < -0.4 is 14.8 Å². The fraction of sp³-hybridized carbons (Fsp3) is 0.455. The Balaban J connectivity index is 1.41. The molecule has 3 heterocycles. The number of aromatic nitrogens is 1. The van der Waals surface area contributed by atoms with Crippen LogP contribution in [0.5, 0.6) is 11.5 Å². The number of amides is 1. The molecular weight excluding hydrogens is 370 g/mol. The first kappa shape index (κ1) is 19.7. The predicted molar refractivity (Wildman–Crippen MR) is 109 cm³/mol. The number of nitrogens with one attached hydrogen (secondary N) is 1. The lowest BCUT2D eigenvalue weighted by atomic mass is 9.81. The van der Waals surface area contributed by atoms with Gasteiger partial charge in [0.25, 0.3) is 0 Å². The summed E-state index contributed by atoms with van der Waals surface area (Å²) in [7, 11) is 3.15. The molecule has 154 valence electrons. The number of hydrogen-bond acceptors (Lipinski definition) is 6. The number of piperidine rings is 1. The van der Waals surface area contributed by atoms with Gasteiger partial charge in [0, 0.05) is 41.8 Å². The smallest absolute Gasteiger partial charge is 0.238 e. The van der Waals surface area contributed by atoms with Crippen LogP contribution in [0.2, 0.25) is 0 Å². The average molecular weight is 397 g/mol. The summed E-state index contributed by atoms with van der Waals surface area (Å²) >= 11 is 0. The number of rotatable bonds is 6. The molecule has 0 spiro atoms. The Labute approximate surface area is 170 Å². The van der Waals surface area contributed by atoms with Crippen LogP contribution in [0.1, 0.15) is 31.2 Å². The number of hydrogen-bond donors (Lipinski definition) is 2. The molecule has 1 amide bonds. The molecule has 2 bridgehead atoms. The van der Waals surface area contributed by atoms with Crippen LogP contribution in [0.3, 0.4) is 0 Å². The highest BCUT2D eigenvalue weighted by molar-refractivity contribution is 5.92. The van der Waals surface area contributed by atoms with Gasteiger partial charge < -0.3 is 19.9 Å². The number of pyridine rings is 1. The maximum atomic E-state index is 12.7. The number of methoxy groups -OCH3 is 2. The van der Waals surface area contributed by atoms with Crippen LogP contribution in [0.15, 0.2) is 42.7 Å². The van der Waals surface area contributed by atoms with Gasteiger partial charge in [0.1, 0.15) is 0 Å². The highest BCUT2D eigenvalue weighted by Crippen LogP contribution is 2.45. The van der Waals surface area contributed by atoms with Crippen LogP contribution in [-0.4, -0.2) is 53.7 Å². The first-order valence-corrected chi connectivity index (χ1v) is 9.93. The minimum Gasteiger partial charge on any atom is -0.493 e. The van der Waals surface area contributed by atoms with E-state index in [1.807, 2.05) is 12.1 Å². The molecule has 2 saturated heterocycles. The third kappa shape index (κ3) is 3.93. The quantitative estimate of drug-likeness (QED) is 0.779. The van der Waals surface area contributed by atoms with E-state index in [2.05, 4.69) is 15.2 Å². The Morgan fingerprint density at radius 3 is 2.55 bits per heavy atom. The van der Waals surface area contributed by atoms with Crippen molar-refractivity contribution in [1.82, 2.24) is 9.88 Å². The van der Waals surface area contributed by atoms with Crippen molar-refractivity contribution < 1.29 is 19.4 Å². The number of anilines is 1. The van der Waals surface area contributed by atoms with E-state index in [1.54, 1.807) is 44.8 Å². The molecule has 1 unspecified atom stereocenters. The number of nitrogens with zero attached hydrogens (tertiary/aromatic N) is 2. The zero-order chi connectivity index (χ0) is 20.4. The largest absolute Gasteiger partial charge is 0.493 e. The third-order valence-corrected chi connectivity index (χ3v) is 6.11. The third-order valence-electron chi connectivity index (χ3n) is 6.11. The summed E-state index contributed by atoms with van der Waals surface area (Å²) in [6.45, 7) is 0.312. The Morgan fingerprint density at radius 2 is 1.93 bits per heavy atom. The van der Waals surface area contributed by atoms with Crippen molar-refractivity contribution in [2.45, 2.75) is 43.4 Å². The number of ether oxygens (including phenoxy) is 2. The van der Waals surface area contributed by atoms with Crippen molar-refractivity contribution in [2.75, 3.05) is 26.1 Å². The van der Waals surface area contributed by atoms with Gasteiger partial charge in [-0.25, -0.2) is 0 Å². The van der Waals surface area contributed by atoms with Crippen molar-refractivity contribution in [3.63, 3.8) is 0 Å². The highest BCUT2D eigenvalue weighted by Gasteiger charge is 2.48. The molecule has 2 aromatic rings. The second kappa shape index (κ2) is 8.00. The first-order chi connectivity index (χ1) is 14.0. The van der Waals surface area contributed by atoms with Crippen molar-refractivity contribution in [2.24, 2.45) is 0 Å². The fourth-order valence-corrected chi connectivity index (χ4v) is 4.73. The van der Waals surface area contributed by atoms with E-state index in [0.717, 1.165) is 18.4 Å². The minimum absolute atomic E-state index is 0.0686. The van der Waals surface area contributed by atoms with Crippen LogP contribution in [0, 0.1) is 0 Å². The molecule has 2 fully saturated rings. The first-order valence-electron chi connectivity index (χ1n) is 9.93. The van der Waals surface area contributed by atoms with Crippen molar-refractivity contribution in [3.8, 4) is 11.5 Å². The molecule has 1 aromatic carbocycles. The lowest BCUT2D eigenvalue weighted by Gasteiger charge is -2.43. The summed E-state index contributed by atoms with van der Waals surface area (Å²) in [5.41, 5.74) is 0.673. The van der Waals surface area contributed by atoms with Crippen LogP contribution in [0.25, 0.3) is 0 Å². The molecule has 3 atom stereocenters. The lowest BCUT2D eigenvalue weighted by molar-refractivity contribution is -0.121. The van der Waals surface area contributed by atoms with Crippen molar-refractivity contribution >= 4 is 11.6 Å². The molecule has 4 rings (SSSR count). The van der Waals surface area contributed by atoms with Crippen molar-refractivity contribution in [3.05, 3.63) is 48.3 Å². The van der Waals surface area contributed by atoms with Gasteiger partial charge in [0.05, 0.1) is 26.4 Å². The lowest BCUT2D eigenvalue weighted by Crippen LogP contribution is -2.51. The van der Waals surface area contributed by atoms with E-state index in [1.165, 1.54) is 0 Å². The van der Waals surface area contributed by atoms with E-state index in [-0.39, 0.29) is 18.0 Å². The Kier molecular flexibility index (Phi) is 5.43. The Morgan fingerprint density at radius 1 is 1.21 bits per heavy atom. The molecule has 0 radical (unpaired) electrons. The summed E-state index contributed by atoms with van der Waals surface area (Å²) in [5, 5.41) is 14.2. The normalized spacial score (nSPS) is 26.2. The van der Waals surface area contributed by atoms with Crippen molar-refractivity contribution in [1.29, 1.82) is 0 Å². The summed E-state index contributed by atoms with van der Waals surface area (Å²) in [6.07, 6.45) is 6.71. The maximum absolute atomic E-state index is 12.7. The minimum atomic E-state index is -0.865. The second-order valence-corrected chi connectivity index (χ2v) is 7.86. The highest BCUT2D eigenvalue weighted by atomic mass is 16.5. The molecule has 0 aliphatic carbocycles. The summed E-state index contributed by atoms with van der Waals surface area (Å²) < 4.78 is 10.5. The topological polar surface area (TPSA) is 83.9 Å². The molecular formula is C22H27N3O4. The molecule has 1 aromatic heterocycles. The van der Waals surface area contributed by atoms with Crippen LogP contribution >= 0.6 is 0 Å². The molecule has 2 aliphatic rings. The van der Waals surface area contributed by atoms with Gasteiger partial charge in [0.2, 0.25) is 5.91 Å². The summed E-state index contributed by atoms with van der Waals surface area (Å²) in [4.78, 5) is 19.1. The van der Waals surface area contributed by atoms with Crippen LogP contribution in [-0.2, 0) is 10.4 Å². The van der Waals surface area contributed by atoms with Gasteiger partial charge in [-0.05, 0) is 43.9 Å². The Bertz CT molecular complexity index is 860. The average Bonchev–Trinajstić information content (AvgIpc) is 2.97. The van der Waals surface area contributed by atoms with Gasteiger partial charge in [-0.2, -0.15) is 0 Å². The molecule has 2 N–H and O–H groups in total. The van der Waals surface area contributed by atoms with E-state index in [9.17, 15) is 9.90 Å². The van der Waals surface area contributed by atoms with E-state index in [0.29, 0.717) is 36.6 Å². The number of benzene rings is 1. The standard InChI is InChI=1S/C22H27N3O4/c1-28-19-8-5-16(10-20(19)29-2)24-21(26)14-25-17-6-7-18(25)12-22(27,11-17)15-4-3-9-23-13-15/h3-5,8-10,13,17-18,27H,6-7,11-12,14H2,1-2H3,(H,24,26)/t17-,18+,22?. The number of carbonyl (C=O) groups is 1. The zero-order valence-corrected chi connectivity index (χ0v) is 16.8. The zero-order valence-electron chi connectivity index (χ0n) is 16.8. The SMILES string of the molecule is COc1ccc(NC(=O)CN2[C@@H]3CC[C@H]2CC(O)(c2cccnc2)C3)cc1OC. The summed E-state index contributed by atoms with van der Waals surface area (Å²) in [5.74, 6) is 1.13. The molecule has 7 nitrogen and oxygen atoms in total.